The zero-order chi connectivity index (χ0) is 33.6. The Bertz CT molecular complexity index is 2250. The highest BCUT2D eigenvalue weighted by Gasteiger charge is 2.17. The Balaban J connectivity index is 0.997. The maximum absolute atomic E-state index is 13.1. The van der Waals surface area contributed by atoms with Gasteiger partial charge < -0.3 is 15.2 Å². The van der Waals surface area contributed by atoms with Crippen molar-refractivity contribution in [2.24, 2.45) is 0 Å². The molecule has 0 saturated carbocycles. The summed E-state index contributed by atoms with van der Waals surface area (Å²) in [4.78, 5) is 30.1. The predicted octanol–water partition coefficient (Wildman–Crippen LogP) is 8.28. The molecule has 0 unspecified atom stereocenters. The van der Waals surface area contributed by atoms with Gasteiger partial charge in [0.05, 0.1) is 28.3 Å². The van der Waals surface area contributed by atoms with Crippen LogP contribution in [0.4, 0.5) is 15.8 Å². The summed E-state index contributed by atoms with van der Waals surface area (Å²) in [5.41, 5.74) is 4.27. The van der Waals surface area contributed by atoms with Gasteiger partial charge in [0, 0.05) is 17.8 Å². The molecule has 2 heterocycles. The number of aromatic nitrogens is 4. The summed E-state index contributed by atoms with van der Waals surface area (Å²) in [5.74, 6) is 0.428. The van der Waals surface area contributed by atoms with Gasteiger partial charge in [0.25, 0.3) is 0 Å². The van der Waals surface area contributed by atoms with E-state index >= 15 is 0 Å². The van der Waals surface area contributed by atoms with Crippen molar-refractivity contribution < 1.29 is 14.0 Å². The Morgan fingerprint density at radius 1 is 0.755 bits per heavy atom. The molecule has 244 valence electrons. The fourth-order valence-corrected chi connectivity index (χ4v) is 7.99. The molecule has 0 fully saturated rings. The summed E-state index contributed by atoms with van der Waals surface area (Å²) in [6.07, 6.45) is 0.613. The first-order valence-corrected chi connectivity index (χ1v) is 18.2. The van der Waals surface area contributed by atoms with E-state index in [1.165, 1.54) is 75.5 Å². The largest absolute Gasteiger partial charge is 0.325 e. The smallest absolute Gasteiger partial charge is 0.234 e. The minimum atomic E-state index is -0.360. The van der Waals surface area contributed by atoms with E-state index in [1.54, 1.807) is 0 Å². The molecule has 2 amide bonds. The van der Waals surface area contributed by atoms with Crippen molar-refractivity contribution in [1.82, 2.24) is 19.7 Å². The van der Waals surface area contributed by atoms with Crippen molar-refractivity contribution in [2.45, 2.75) is 22.5 Å². The van der Waals surface area contributed by atoms with Gasteiger partial charge in [-0.15, -0.1) is 21.5 Å². The number of hydrogen-bond donors (Lipinski definition) is 2. The molecule has 0 aliphatic rings. The van der Waals surface area contributed by atoms with Gasteiger partial charge in [0.15, 0.2) is 9.50 Å². The number of nitrogens with one attached hydrogen (secondary N) is 2. The average Bonchev–Trinajstić information content (AvgIpc) is 3.70. The van der Waals surface area contributed by atoms with Crippen LogP contribution in [0.25, 0.3) is 21.0 Å². The van der Waals surface area contributed by atoms with Gasteiger partial charge in [0.1, 0.15) is 11.6 Å². The van der Waals surface area contributed by atoms with Crippen molar-refractivity contribution in [3.8, 4) is 0 Å². The zero-order valence-electron chi connectivity index (χ0n) is 26.0. The Kier molecular flexibility index (Phi) is 9.96. The summed E-state index contributed by atoms with van der Waals surface area (Å²) in [6, 6.07) is 36.0. The van der Waals surface area contributed by atoms with Gasteiger partial charge in [-0.25, -0.2) is 9.37 Å². The average molecular weight is 705 g/mol. The van der Waals surface area contributed by atoms with Crippen LogP contribution in [0.2, 0.25) is 0 Å². The van der Waals surface area contributed by atoms with Gasteiger partial charge in [-0.2, -0.15) is 0 Å². The first kappa shape index (κ1) is 32.5. The maximum atomic E-state index is 13.1. The highest BCUT2D eigenvalue weighted by molar-refractivity contribution is 8.01. The number of amides is 2. The summed E-state index contributed by atoms with van der Waals surface area (Å²) in [6.45, 7) is 0.591. The molecule has 8 nitrogen and oxygen atoms in total. The van der Waals surface area contributed by atoms with Crippen molar-refractivity contribution in [2.75, 3.05) is 22.1 Å². The van der Waals surface area contributed by atoms with Gasteiger partial charge >= 0.3 is 0 Å². The van der Waals surface area contributed by atoms with Crippen LogP contribution in [0.15, 0.2) is 125 Å². The second-order valence-corrected chi connectivity index (χ2v) is 14.3. The molecule has 0 atom stereocenters. The van der Waals surface area contributed by atoms with E-state index < -0.39 is 0 Å². The Labute approximate surface area is 294 Å². The number of benzene rings is 5. The number of carbonyl (C=O) groups excluding carboxylic acids is 2. The highest BCUT2D eigenvalue weighted by atomic mass is 32.2. The molecular formula is C37H29FN6O2S3. The molecule has 0 saturated heterocycles. The van der Waals surface area contributed by atoms with Crippen molar-refractivity contribution in [3.05, 3.63) is 138 Å². The molecule has 2 aromatic heterocycles. The first-order valence-electron chi connectivity index (χ1n) is 15.4. The number of thiazole rings is 1. The maximum Gasteiger partial charge on any atom is 0.234 e. The molecule has 0 radical (unpaired) electrons. The molecule has 0 aliphatic heterocycles. The van der Waals surface area contributed by atoms with E-state index in [0.717, 1.165) is 25.9 Å². The lowest BCUT2D eigenvalue weighted by Crippen LogP contribution is -2.15. The first-order chi connectivity index (χ1) is 24.0. The number of carbonyl (C=O) groups is 2. The third-order valence-corrected chi connectivity index (χ3v) is 10.8. The predicted molar refractivity (Wildman–Crippen MR) is 197 cm³/mol. The number of fused-ring (bicyclic) bond motifs is 2. The number of thioether (sulfide) groups is 2. The number of halogens is 1. The van der Waals surface area contributed by atoms with E-state index in [9.17, 15) is 14.0 Å². The zero-order valence-corrected chi connectivity index (χ0v) is 28.5. The van der Waals surface area contributed by atoms with E-state index in [1.807, 2.05) is 48.5 Å². The summed E-state index contributed by atoms with van der Waals surface area (Å²) in [5, 5.41) is 17.9. The number of hydrogen-bond acceptors (Lipinski definition) is 8. The van der Waals surface area contributed by atoms with E-state index in [0.29, 0.717) is 29.5 Å². The molecule has 0 spiro atoms. The SMILES string of the molecule is O=C(CSc1nc2ccc(NC(=O)CSc3nnc(Cc4cccc5ccccc45)n3Cc3ccccc3)cc2s1)Nc1ccc(F)cc1. The monoisotopic (exact) mass is 704 g/mol. The lowest BCUT2D eigenvalue weighted by atomic mass is 10.0. The van der Waals surface area contributed by atoms with Gasteiger partial charge in [0.2, 0.25) is 11.8 Å². The topological polar surface area (TPSA) is 102 Å². The fraction of sp³-hybridized carbons (Fsp3) is 0.108. The van der Waals surface area contributed by atoms with Crippen molar-refractivity contribution in [1.29, 1.82) is 0 Å². The minimum Gasteiger partial charge on any atom is -0.325 e. The van der Waals surface area contributed by atoms with Crippen LogP contribution in [-0.4, -0.2) is 43.1 Å². The second-order valence-electron chi connectivity index (χ2n) is 11.1. The number of nitrogens with zero attached hydrogens (tertiary/aromatic N) is 4. The minimum absolute atomic E-state index is 0.159. The molecule has 12 heteroatoms. The Hall–Kier alpha value is -5.04. The normalized spacial score (nSPS) is 11.2. The van der Waals surface area contributed by atoms with Gasteiger partial charge in [-0.05, 0) is 64.4 Å². The third kappa shape index (κ3) is 8.16. The molecule has 0 aliphatic carbocycles. The van der Waals surface area contributed by atoms with Crippen LogP contribution in [0.3, 0.4) is 0 Å². The van der Waals surface area contributed by atoms with Crippen molar-refractivity contribution >= 4 is 79.0 Å². The molecule has 0 bridgehead atoms. The summed E-state index contributed by atoms with van der Waals surface area (Å²) >= 11 is 4.13. The molecule has 7 aromatic rings. The highest BCUT2D eigenvalue weighted by Crippen LogP contribution is 2.32. The fourth-order valence-electron chi connectivity index (χ4n) is 5.33. The van der Waals surface area contributed by atoms with Crippen LogP contribution >= 0.6 is 34.9 Å². The van der Waals surface area contributed by atoms with Crippen molar-refractivity contribution in [3.63, 3.8) is 0 Å². The second kappa shape index (κ2) is 15.0. The van der Waals surface area contributed by atoms with E-state index in [-0.39, 0.29) is 29.1 Å². The van der Waals surface area contributed by atoms with Crippen LogP contribution in [0, 0.1) is 5.82 Å². The molecule has 2 N–H and O–H groups in total. The number of rotatable bonds is 12. The lowest BCUT2D eigenvalue weighted by Gasteiger charge is -2.12. The van der Waals surface area contributed by atoms with E-state index in [4.69, 9.17) is 0 Å². The van der Waals surface area contributed by atoms with Crippen LogP contribution < -0.4 is 10.6 Å². The van der Waals surface area contributed by atoms with E-state index in [2.05, 4.69) is 72.8 Å². The molecule has 49 heavy (non-hydrogen) atoms. The Morgan fingerprint density at radius 3 is 2.31 bits per heavy atom. The third-order valence-electron chi connectivity index (χ3n) is 7.65. The van der Waals surface area contributed by atoms with Gasteiger partial charge in [-0.3, -0.25) is 9.59 Å². The van der Waals surface area contributed by atoms with Gasteiger partial charge in [-0.1, -0.05) is 96.3 Å². The molecular weight excluding hydrogens is 676 g/mol. The quantitative estimate of drug-likeness (QED) is 0.124. The lowest BCUT2D eigenvalue weighted by molar-refractivity contribution is -0.114. The number of anilines is 2. The molecule has 5 aromatic carbocycles. The van der Waals surface area contributed by atoms with Crippen LogP contribution in [-0.2, 0) is 22.6 Å². The van der Waals surface area contributed by atoms with Crippen LogP contribution in [0.1, 0.15) is 17.0 Å². The van der Waals surface area contributed by atoms with Crippen LogP contribution in [0.5, 0.6) is 0 Å². The summed E-state index contributed by atoms with van der Waals surface area (Å²) in [7, 11) is 0. The summed E-state index contributed by atoms with van der Waals surface area (Å²) < 4.78 is 16.9. The Morgan fingerprint density at radius 2 is 1.47 bits per heavy atom. The molecule has 7 rings (SSSR count). The standard InChI is InChI=1S/C37H29FN6O2S3/c38-27-13-15-28(16-14-27)39-35(46)23-48-37-41-31-18-17-29(20-32(31)49-37)40-34(45)22-47-36-43-42-33(44(36)21-24-7-2-1-3-8-24)19-26-11-6-10-25-9-4-5-12-30(25)26/h1-18,20H,19,21-23H2,(H,39,46)(H,40,45).